The summed E-state index contributed by atoms with van der Waals surface area (Å²) in [7, 11) is 0. The molecule has 3 nitrogen and oxygen atoms in total. The molecule has 112 valence electrons. The van der Waals surface area contributed by atoms with Gasteiger partial charge in [-0.1, -0.05) is 54.2 Å². The molecular weight excluding hydrogens is 310 g/mol. The van der Waals surface area contributed by atoms with Crippen LogP contribution in [-0.4, -0.2) is 16.0 Å². The molecule has 2 rings (SSSR count). The van der Waals surface area contributed by atoms with E-state index in [9.17, 15) is 0 Å². The number of para-hydroxylation sites is 2. The van der Waals surface area contributed by atoms with E-state index in [-0.39, 0.29) is 0 Å². The first-order valence-corrected chi connectivity index (χ1v) is 8.18. The van der Waals surface area contributed by atoms with Crippen LogP contribution < -0.4 is 10.6 Å². The lowest BCUT2D eigenvalue weighted by Crippen LogP contribution is -2.14. The fourth-order valence-corrected chi connectivity index (χ4v) is 2.53. The van der Waals surface area contributed by atoms with E-state index in [2.05, 4.69) is 22.2 Å². The fraction of sp³-hybridized carbons (Fsp3) is 0.0588. The van der Waals surface area contributed by atoms with Crippen LogP contribution in [0.3, 0.4) is 0 Å². The van der Waals surface area contributed by atoms with Crippen molar-refractivity contribution in [1.82, 2.24) is 0 Å². The summed E-state index contributed by atoms with van der Waals surface area (Å²) in [5.74, 6) is 0.757. The SMILES string of the molecule is C=CCS/C(=N\C(=S)Nc1ccccc1)Nc1ccccc1. The maximum Gasteiger partial charge on any atom is 0.199 e. The molecule has 0 saturated heterocycles. The number of benzene rings is 2. The van der Waals surface area contributed by atoms with Crippen LogP contribution in [0.25, 0.3) is 0 Å². The predicted molar refractivity (Wildman–Crippen MR) is 103 cm³/mol. The van der Waals surface area contributed by atoms with Crippen molar-refractivity contribution < 1.29 is 0 Å². The number of aliphatic imine (C=N–C) groups is 1. The maximum absolute atomic E-state index is 5.30. The van der Waals surface area contributed by atoms with Crippen molar-refractivity contribution in [1.29, 1.82) is 0 Å². The molecule has 0 aromatic heterocycles. The van der Waals surface area contributed by atoms with Gasteiger partial charge in [-0.15, -0.1) is 6.58 Å². The molecule has 2 N–H and O–H groups in total. The Hall–Kier alpha value is -2.11. The van der Waals surface area contributed by atoms with Gasteiger partial charge in [-0.3, -0.25) is 0 Å². The van der Waals surface area contributed by atoms with Crippen LogP contribution in [0.1, 0.15) is 0 Å². The molecule has 0 unspecified atom stereocenters. The van der Waals surface area contributed by atoms with E-state index in [0.29, 0.717) is 5.11 Å². The third kappa shape index (κ3) is 5.71. The van der Waals surface area contributed by atoms with Gasteiger partial charge >= 0.3 is 0 Å². The monoisotopic (exact) mass is 327 g/mol. The van der Waals surface area contributed by atoms with Crippen LogP contribution in [0.4, 0.5) is 11.4 Å². The molecular formula is C17H17N3S2. The van der Waals surface area contributed by atoms with Gasteiger partial charge in [0.25, 0.3) is 0 Å². The number of nitrogens with zero attached hydrogens (tertiary/aromatic N) is 1. The summed E-state index contributed by atoms with van der Waals surface area (Å²) in [6.07, 6.45) is 1.83. The number of amidine groups is 1. The van der Waals surface area contributed by atoms with Crippen LogP contribution in [0.15, 0.2) is 78.3 Å². The van der Waals surface area contributed by atoms with E-state index < -0.39 is 0 Å². The first kappa shape index (κ1) is 16.3. The summed E-state index contributed by atoms with van der Waals surface area (Å²) >= 11 is 6.85. The number of nitrogens with one attached hydrogen (secondary N) is 2. The number of rotatable bonds is 4. The van der Waals surface area contributed by atoms with Crippen LogP contribution in [-0.2, 0) is 0 Å². The molecule has 0 aliphatic heterocycles. The lowest BCUT2D eigenvalue weighted by atomic mass is 10.3. The quantitative estimate of drug-likeness (QED) is 0.367. The highest BCUT2D eigenvalue weighted by molar-refractivity contribution is 8.14. The Labute approximate surface area is 140 Å². The Morgan fingerprint density at radius 1 is 1.00 bits per heavy atom. The van der Waals surface area contributed by atoms with Crippen molar-refractivity contribution in [3.63, 3.8) is 0 Å². The van der Waals surface area contributed by atoms with Crippen molar-refractivity contribution in [2.24, 2.45) is 4.99 Å². The van der Waals surface area contributed by atoms with E-state index >= 15 is 0 Å². The van der Waals surface area contributed by atoms with Crippen LogP contribution >= 0.6 is 24.0 Å². The Morgan fingerprint density at radius 3 is 2.09 bits per heavy atom. The van der Waals surface area contributed by atoms with E-state index in [0.717, 1.165) is 22.3 Å². The lowest BCUT2D eigenvalue weighted by molar-refractivity contribution is 1.58. The smallest absolute Gasteiger partial charge is 0.199 e. The van der Waals surface area contributed by atoms with Crippen LogP contribution in [0, 0.1) is 0 Å². The Bertz CT molecular complexity index is 639. The van der Waals surface area contributed by atoms with Gasteiger partial charge in [0, 0.05) is 17.1 Å². The number of hydrogen-bond donors (Lipinski definition) is 2. The number of anilines is 2. The van der Waals surface area contributed by atoms with Gasteiger partial charge in [-0.05, 0) is 36.5 Å². The molecule has 0 radical (unpaired) electrons. The first-order chi connectivity index (χ1) is 10.8. The van der Waals surface area contributed by atoms with Crippen LogP contribution in [0.2, 0.25) is 0 Å². The Kier molecular flexibility index (Phi) is 6.67. The molecule has 22 heavy (non-hydrogen) atoms. The normalized spacial score (nSPS) is 10.8. The van der Waals surface area contributed by atoms with Crippen molar-refractivity contribution in [2.45, 2.75) is 0 Å². The average molecular weight is 327 g/mol. The minimum Gasteiger partial charge on any atom is -0.335 e. The van der Waals surface area contributed by atoms with Crippen molar-refractivity contribution in [3.05, 3.63) is 73.3 Å². The predicted octanol–water partition coefficient (Wildman–Crippen LogP) is 4.77. The highest BCUT2D eigenvalue weighted by atomic mass is 32.2. The van der Waals surface area contributed by atoms with E-state index in [1.165, 1.54) is 0 Å². The van der Waals surface area contributed by atoms with Crippen molar-refractivity contribution in [3.8, 4) is 0 Å². The Morgan fingerprint density at radius 2 is 1.55 bits per heavy atom. The zero-order valence-electron chi connectivity index (χ0n) is 12.0. The second-order valence-electron chi connectivity index (χ2n) is 4.30. The number of thioether (sulfide) groups is 1. The van der Waals surface area contributed by atoms with E-state index in [1.807, 2.05) is 66.7 Å². The fourth-order valence-electron chi connectivity index (χ4n) is 1.64. The molecule has 0 saturated carbocycles. The van der Waals surface area contributed by atoms with E-state index in [4.69, 9.17) is 12.2 Å². The van der Waals surface area contributed by atoms with Crippen molar-refractivity contribution >= 4 is 45.6 Å². The molecule has 0 heterocycles. The number of thiocarbonyl (C=S) groups is 1. The van der Waals surface area contributed by atoms with Gasteiger partial charge in [-0.25, -0.2) is 0 Å². The van der Waals surface area contributed by atoms with Gasteiger partial charge in [-0.2, -0.15) is 4.99 Å². The summed E-state index contributed by atoms with van der Waals surface area (Å²) in [6.45, 7) is 3.73. The second kappa shape index (κ2) is 9.02. The molecule has 0 atom stereocenters. The summed E-state index contributed by atoms with van der Waals surface area (Å²) in [5.41, 5.74) is 1.89. The van der Waals surface area contributed by atoms with Gasteiger partial charge in [0.15, 0.2) is 10.3 Å². The molecule has 0 aliphatic rings. The van der Waals surface area contributed by atoms with E-state index in [1.54, 1.807) is 11.8 Å². The largest absolute Gasteiger partial charge is 0.335 e. The molecule has 5 heteroatoms. The maximum atomic E-state index is 5.30. The van der Waals surface area contributed by atoms with Gasteiger partial charge in [0.2, 0.25) is 0 Å². The minimum atomic E-state index is 0.418. The number of hydrogen-bond acceptors (Lipinski definition) is 2. The summed E-state index contributed by atoms with van der Waals surface area (Å²) in [6, 6.07) is 19.6. The average Bonchev–Trinajstić information content (AvgIpc) is 2.54. The highest BCUT2D eigenvalue weighted by Gasteiger charge is 2.03. The second-order valence-corrected chi connectivity index (χ2v) is 5.70. The third-order valence-corrected chi connectivity index (χ3v) is 3.65. The van der Waals surface area contributed by atoms with Gasteiger partial charge < -0.3 is 10.6 Å². The molecule has 0 amide bonds. The zero-order chi connectivity index (χ0) is 15.6. The molecule has 0 fully saturated rings. The topological polar surface area (TPSA) is 36.4 Å². The molecule has 0 spiro atoms. The van der Waals surface area contributed by atoms with Gasteiger partial charge in [0.1, 0.15) is 0 Å². The summed E-state index contributed by atoms with van der Waals surface area (Å²) in [5, 5.41) is 7.52. The molecule has 2 aromatic carbocycles. The summed E-state index contributed by atoms with van der Waals surface area (Å²) in [4.78, 5) is 4.45. The Balaban J connectivity index is 2.06. The lowest BCUT2D eigenvalue weighted by Gasteiger charge is -2.10. The molecule has 0 aliphatic carbocycles. The van der Waals surface area contributed by atoms with Crippen molar-refractivity contribution in [2.75, 3.05) is 16.4 Å². The van der Waals surface area contributed by atoms with Gasteiger partial charge in [0.05, 0.1) is 0 Å². The third-order valence-electron chi connectivity index (χ3n) is 2.59. The molecule has 0 bridgehead atoms. The first-order valence-electron chi connectivity index (χ1n) is 6.78. The summed E-state index contributed by atoms with van der Waals surface area (Å²) < 4.78 is 0. The standard InChI is InChI=1S/C17H17N3S2/c1-2-13-22-17(19-15-11-7-4-8-12-15)20-16(21)18-14-9-5-3-6-10-14/h2-12H,1,13H2,(H2,18,19,20,21). The molecule has 2 aromatic rings. The van der Waals surface area contributed by atoms with Crippen LogP contribution in [0.5, 0.6) is 0 Å². The minimum absolute atomic E-state index is 0.418. The zero-order valence-corrected chi connectivity index (χ0v) is 13.7. The highest BCUT2D eigenvalue weighted by Crippen LogP contribution is 2.13.